The van der Waals surface area contributed by atoms with E-state index < -0.39 is 0 Å². The van der Waals surface area contributed by atoms with Crippen molar-refractivity contribution in [2.75, 3.05) is 6.54 Å². The highest BCUT2D eigenvalue weighted by Gasteiger charge is 2.21. The third kappa shape index (κ3) is 2.77. The van der Waals surface area contributed by atoms with Crippen molar-refractivity contribution >= 4 is 11.6 Å². The lowest BCUT2D eigenvalue weighted by Crippen LogP contribution is -2.26. The number of halogens is 1. The Morgan fingerprint density at radius 1 is 1.50 bits per heavy atom. The second-order valence-corrected chi connectivity index (χ2v) is 5.33. The SMILES string of the molecule is Cc1nn(CC(C)CNC2CC2)c(C)c1Cl. The first-order chi connectivity index (χ1) is 7.58. The molecular formula is C12H20ClN3. The van der Waals surface area contributed by atoms with E-state index in [0.29, 0.717) is 5.92 Å². The van der Waals surface area contributed by atoms with Gasteiger partial charge in [-0.1, -0.05) is 18.5 Å². The minimum Gasteiger partial charge on any atom is -0.314 e. The van der Waals surface area contributed by atoms with Crippen molar-refractivity contribution in [3.63, 3.8) is 0 Å². The molecule has 1 aromatic rings. The predicted octanol–water partition coefficient (Wildman–Crippen LogP) is 2.54. The first-order valence-corrected chi connectivity index (χ1v) is 6.38. The summed E-state index contributed by atoms with van der Waals surface area (Å²) in [7, 11) is 0. The summed E-state index contributed by atoms with van der Waals surface area (Å²) in [4.78, 5) is 0. The Morgan fingerprint density at radius 2 is 2.19 bits per heavy atom. The molecule has 1 aliphatic rings. The van der Waals surface area contributed by atoms with Gasteiger partial charge in [0, 0.05) is 12.6 Å². The number of hydrogen-bond acceptors (Lipinski definition) is 2. The zero-order chi connectivity index (χ0) is 11.7. The maximum absolute atomic E-state index is 6.12. The normalized spacial score (nSPS) is 17.8. The molecule has 1 aliphatic carbocycles. The van der Waals surface area contributed by atoms with Gasteiger partial charge in [0.2, 0.25) is 0 Å². The zero-order valence-electron chi connectivity index (χ0n) is 10.3. The molecule has 3 nitrogen and oxygen atoms in total. The fourth-order valence-electron chi connectivity index (χ4n) is 1.87. The number of nitrogens with zero attached hydrogens (tertiary/aromatic N) is 2. The standard InChI is InChI=1S/C12H20ClN3/c1-8(6-14-11-4-5-11)7-16-10(3)12(13)9(2)15-16/h8,11,14H,4-7H2,1-3H3. The fourth-order valence-corrected chi connectivity index (χ4v) is 2.00. The highest BCUT2D eigenvalue weighted by Crippen LogP contribution is 2.21. The second-order valence-electron chi connectivity index (χ2n) is 4.95. The van der Waals surface area contributed by atoms with Crippen LogP contribution in [-0.2, 0) is 6.54 Å². The van der Waals surface area contributed by atoms with Crippen LogP contribution >= 0.6 is 11.6 Å². The minimum absolute atomic E-state index is 0.592. The number of hydrogen-bond donors (Lipinski definition) is 1. The first-order valence-electron chi connectivity index (χ1n) is 6.00. The van der Waals surface area contributed by atoms with Crippen LogP contribution in [0.1, 0.15) is 31.2 Å². The molecule has 1 unspecified atom stereocenters. The molecule has 0 bridgehead atoms. The van der Waals surface area contributed by atoms with Gasteiger partial charge in [-0.05, 0) is 39.2 Å². The van der Waals surface area contributed by atoms with E-state index in [1.165, 1.54) is 12.8 Å². The maximum Gasteiger partial charge on any atom is 0.0844 e. The molecule has 0 radical (unpaired) electrons. The monoisotopic (exact) mass is 241 g/mol. The summed E-state index contributed by atoms with van der Waals surface area (Å²) in [6, 6.07) is 0.784. The molecule has 1 fully saturated rings. The maximum atomic E-state index is 6.12. The van der Waals surface area contributed by atoms with Gasteiger partial charge >= 0.3 is 0 Å². The summed E-state index contributed by atoms with van der Waals surface area (Å²) < 4.78 is 2.02. The highest BCUT2D eigenvalue weighted by molar-refractivity contribution is 6.31. The predicted molar refractivity (Wildman–Crippen MR) is 66.9 cm³/mol. The van der Waals surface area contributed by atoms with Crippen LogP contribution < -0.4 is 5.32 Å². The van der Waals surface area contributed by atoms with Gasteiger partial charge in [0.15, 0.2) is 0 Å². The van der Waals surface area contributed by atoms with Crippen molar-refractivity contribution in [3.05, 3.63) is 16.4 Å². The van der Waals surface area contributed by atoms with E-state index in [1.807, 2.05) is 18.5 Å². The summed E-state index contributed by atoms with van der Waals surface area (Å²) in [5.74, 6) is 0.592. The molecular weight excluding hydrogens is 222 g/mol. The summed E-state index contributed by atoms with van der Waals surface area (Å²) in [6.45, 7) is 8.25. The van der Waals surface area contributed by atoms with Crippen LogP contribution in [0.5, 0.6) is 0 Å². The van der Waals surface area contributed by atoms with Gasteiger partial charge < -0.3 is 5.32 Å². The van der Waals surface area contributed by atoms with Gasteiger partial charge in [-0.15, -0.1) is 0 Å². The molecule has 1 saturated carbocycles. The molecule has 1 atom stereocenters. The topological polar surface area (TPSA) is 29.9 Å². The molecule has 1 heterocycles. The zero-order valence-corrected chi connectivity index (χ0v) is 11.0. The van der Waals surface area contributed by atoms with Gasteiger partial charge in [0.1, 0.15) is 0 Å². The fraction of sp³-hybridized carbons (Fsp3) is 0.750. The Kier molecular flexibility index (Phi) is 3.55. The van der Waals surface area contributed by atoms with Crippen molar-refractivity contribution < 1.29 is 0 Å². The van der Waals surface area contributed by atoms with Crippen LogP contribution in [0.2, 0.25) is 5.02 Å². The average Bonchev–Trinajstić information content (AvgIpc) is 3.03. The molecule has 1 aromatic heterocycles. The van der Waals surface area contributed by atoms with Crippen LogP contribution in [0.4, 0.5) is 0 Å². The quantitative estimate of drug-likeness (QED) is 0.859. The largest absolute Gasteiger partial charge is 0.314 e. The van der Waals surface area contributed by atoms with E-state index >= 15 is 0 Å². The van der Waals surface area contributed by atoms with E-state index in [-0.39, 0.29) is 0 Å². The minimum atomic E-state index is 0.592. The Morgan fingerprint density at radius 3 is 2.69 bits per heavy atom. The summed E-state index contributed by atoms with van der Waals surface area (Å²) in [5, 5.41) is 8.80. The molecule has 0 aliphatic heterocycles. The lowest BCUT2D eigenvalue weighted by Gasteiger charge is -2.13. The molecule has 0 spiro atoms. The molecule has 1 N–H and O–H groups in total. The molecule has 90 valence electrons. The highest BCUT2D eigenvalue weighted by atomic mass is 35.5. The third-order valence-corrected chi connectivity index (χ3v) is 3.66. The van der Waals surface area contributed by atoms with E-state index in [1.54, 1.807) is 0 Å². The Hall–Kier alpha value is -0.540. The Bertz CT molecular complexity index is 369. The first kappa shape index (κ1) is 11.9. The van der Waals surface area contributed by atoms with Crippen molar-refractivity contribution in [2.24, 2.45) is 5.92 Å². The van der Waals surface area contributed by atoms with E-state index in [4.69, 9.17) is 11.6 Å². The number of rotatable bonds is 5. The number of nitrogens with one attached hydrogen (secondary N) is 1. The van der Waals surface area contributed by atoms with Gasteiger partial charge in [0.25, 0.3) is 0 Å². The molecule has 2 rings (SSSR count). The van der Waals surface area contributed by atoms with Gasteiger partial charge in [-0.3, -0.25) is 4.68 Å². The molecule has 0 aromatic carbocycles. The Labute approximate surface area is 102 Å². The lowest BCUT2D eigenvalue weighted by molar-refractivity contribution is 0.415. The van der Waals surface area contributed by atoms with Crippen LogP contribution in [0.3, 0.4) is 0 Å². The molecule has 0 amide bonds. The van der Waals surface area contributed by atoms with Crippen LogP contribution in [0.15, 0.2) is 0 Å². The average molecular weight is 242 g/mol. The van der Waals surface area contributed by atoms with Crippen LogP contribution in [-0.4, -0.2) is 22.4 Å². The van der Waals surface area contributed by atoms with Crippen LogP contribution in [0.25, 0.3) is 0 Å². The van der Waals surface area contributed by atoms with E-state index in [2.05, 4.69) is 17.3 Å². The third-order valence-electron chi connectivity index (χ3n) is 3.11. The van der Waals surface area contributed by atoms with Crippen LogP contribution in [0, 0.1) is 19.8 Å². The second kappa shape index (κ2) is 4.76. The number of aryl methyl sites for hydroxylation is 1. The lowest BCUT2D eigenvalue weighted by atomic mass is 10.2. The summed E-state index contributed by atoms with van der Waals surface area (Å²) in [5.41, 5.74) is 2.01. The number of aromatic nitrogens is 2. The molecule has 4 heteroatoms. The molecule has 0 saturated heterocycles. The summed E-state index contributed by atoms with van der Waals surface area (Å²) >= 11 is 6.12. The van der Waals surface area contributed by atoms with Gasteiger partial charge in [-0.2, -0.15) is 5.10 Å². The molecule has 16 heavy (non-hydrogen) atoms. The van der Waals surface area contributed by atoms with Crippen molar-refractivity contribution in [3.8, 4) is 0 Å². The summed E-state index contributed by atoms with van der Waals surface area (Å²) in [6.07, 6.45) is 2.69. The smallest absolute Gasteiger partial charge is 0.0844 e. The van der Waals surface area contributed by atoms with Crippen molar-refractivity contribution in [1.82, 2.24) is 15.1 Å². The Balaban J connectivity index is 1.88. The van der Waals surface area contributed by atoms with E-state index in [9.17, 15) is 0 Å². The van der Waals surface area contributed by atoms with Gasteiger partial charge in [-0.25, -0.2) is 0 Å². The van der Waals surface area contributed by atoms with Gasteiger partial charge in [0.05, 0.1) is 16.4 Å². The van der Waals surface area contributed by atoms with Crippen molar-refractivity contribution in [2.45, 2.75) is 46.2 Å². The van der Waals surface area contributed by atoms with E-state index in [0.717, 1.165) is 35.5 Å². The van der Waals surface area contributed by atoms with Crippen molar-refractivity contribution in [1.29, 1.82) is 0 Å².